The van der Waals surface area contributed by atoms with Crippen LogP contribution in [0.25, 0.3) is 10.2 Å². The summed E-state index contributed by atoms with van der Waals surface area (Å²) in [5.74, 6) is 0.767. The standard InChI is InChI=1S/C14H12BrN3OS/c1-19-11-6-8(2-3-9(11)15)18-10-4-5-12-14(13(10)16)17-7-20-12/h2-7,18H,16H2,1H3. The van der Waals surface area contributed by atoms with Crippen molar-refractivity contribution >= 4 is 54.5 Å². The number of nitrogen functional groups attached to an aromatic ring is 1. The molecule has 0 radical (unpaired) electrons. The fourth-order valence-corrected chi connectivity index (χ4v) is 3.06. The molecule has 102 valence electrons. The minimum Gasteiger partial charge on any atom is -0.495 e. The average Bonchev–Trinajstić information content (AvgIpc) is 2.93. The summed E-state index contributed by atoms with van der Waals surface area (Å²) in [5, 5.41) is 3.29. The molecule has 0 aliphatic carbocycles. The van der Waals surface area contributed by atoms with Gasteiger partial charge in [0.25, 0.3) is 0 Å². The summed E-state index contributed by atoms with van der Waals surface area (Å²) in [4.78, 5) is 4.29. The number of hydrogen-bond acceptors (Lipinski definition) is 5. The van der Waals surface area contributed by atoms with Gasteiger partial charge in [-0.1, -0.05) is 0 Å². The first-order chi connectivity index (χ1) is 9.69. The van der Waals surface area contributed by atoms with Crippen LogP contribution in [0.2, 0.25) is 0 Å². The summed E-state index contributed by atoms with van der Waals surface area (Å²) in [5.41, 5.74) is 11.2. The summed E-state index contributed by atoms with van der Waals surface area (Å²) in [6.45, 7) is 0. The normalized spacial score (nSPS) is 10.7. The molecule has 0 spiro atoms. The molecule has 0 aliphatic rings. The molecule has 0 bridgehead atoms. The zero-order valence-corrected chi connectivity index (χ0v) is 13.1. The van der Waals surface area contributed by atoms with Gasteiger partial charge < -0.3 is 15.8 Å². The van der Waals surface area contributed by atoms with Crippen LogP contribution in [0.3, 0.4) is 0 Å². The van der Waals surface area contributed by atoms with Crippen LogP contribution in [0.15, 0.2) is 40.3 Å². The largest absolute Gasteiger partial charge is 0.495 e. The number of thiazole rings is 1. The molecule has 4 nitrogen and oxygen atoms in total. The first-order valence-electron chi connectivity index (χ1n) is 5.91. The molecule has 3 aromatic rings. The second-order valence-corrected chi connectivity index (χ2v) is 5.94. The molecule has 0 saturated heterocycles. The van der Waals surface area contributed by atoms with E-state index in [4.69, 9.17) is 10.5 Å². The van der Waals surface area contributed by atoms with E-state index in [0.717, 1.165) is 31.8 Å². The number of anilines is 3. The SMILES string of the molecule is COc1cc(Nc2ccc3scnc3c2N)ccc1Br. The van der Waals surface area contributed by atoms with E-state index in [1.165, 1.54) is 0 Å². The first kappa shape index (κ1) is 13.2. The van der Waals surface area contributed by atoms with Crippen LogP contribution < -0.4 is 15.8 Å². The fraction of sp³-hybridized carbons (Fsp3) is 0.0714. The molecule has 2 aromatic carbocycles. The van der Waals surface area contributed by atoms with Gasteiger partial charge in [-0.05, 0) is 40.2 Å². The van der Waals surface area contributed by atoms with Gasteiger partial charge in [0.1, 0.15) is 11.3 Å². The van der Waals surface area contributed by atoms with E-state index in [0.29, 0.717) is 5.69 Å². The molecule has 0 unspecified atom stereocenters. The Morgan fingerprint density at radius 2 is 2.15 bits per heavy atom. The third kappa shape index (κ3) is 2.32. The highest BCUT2D eigenvalue weighted by Gasteiger charge is 2.08. The monoisotopic (exact) mass is 349 g/mol. The van der Waals surface area contributed by atoms with Crippen LogP contribution >= 0.6 is 27.3 Å². The van der Waals surface area contributed by atoms with Crippen molar-refractivity contribution in [3.63, 3.8) is 0 Å². The molecule has 0 saturated carbocycles. The third-order valence-electron chi connectivity index (χ3n) is 2.97. The number of halogens is 1. The summed E-state index contributed by atoms with van der Waals surface area (Å²) in [6.07, 6.45) is 0. The maximum absolute atomic E-state index is 6.15. The molecule has 3 rings (SSSR count). The van der Waals surface area contributed by atoms with Crippen LogP contribution in [0.4, 0.5) is 17.1 Å². The van der Waals surface area contributed by atoms with Gasteiger partial charge in [-0.2, -0.15) is 0 Å². The fourth-order valence-electron chi connectivity index (χ4n) is 1.95. The Morgan fingerprint density at radius 3 is 2.95 bits per heavy atom. The number of benzene rings is 2. The maximum atomic E-state index is 6.15. The summed E-state index contributed by atoms with van der Waals surface area (Å²) >= 11 is 5.01. The number of nitrogens with two attached hydrogens (primary N) is 1. The maximum Gasteiger partial charge on any atom is 0.135 e. The van der Waals surface area contributed by atoms with Crippen LogP contribution in [0.5, 0.6) is 5.75 Å². The van der Waals surface area contributed by atoms with Crippen molar-refractivity contribution in [3.05, 3.63) is 40.3 Å². The molecule has 1 aromatic heterocycles. The number of fused-ring (bicyclic) bond motifs is 1. The molecule has 0 amide bonds. The Hall–Kier alpha value is -1.79. The minimum absolute atomic E-state index is 0.658. The Balaban J connectivity index is 1.98. The zero-order chi connectivity index (χ0) is 14.1. The van der Waals surface area contributed by atoms with Crippen molar-refractivity contribution in [2.45, 2.75) is 0 Å². The van der Waals surface area contributed by atoms with Gasteiger partial charge in [-0.25, -0.2) is 4.98 Å². The Labute approximate surface area is 128 Å². The highest BCUT2D eigenvalue weighted by Crippen LogP contribution is 2.34. The predicted octanol–water partition coefficient (Wildman–Crippen LogP) is 4.39. The summed E-state index contributed by atoms with van der Waals surface area (Å²) in [7, 11) is 1.64. The molecular weight excluding hydrogens is 338 g/mol. The molecule has 6 heteroatoms. The molecule has 3 N–H and O–H groups in total. The highest BCUT2D eigenvalue weighted by atomic mass is 79.9. The lowest BCUT2D eigenvalue weighted by Crippen LogP contribution is -1.97. The van der Waals surface area contributed by atoms with Gasteiger partial charge in [0.15, 0.2) is 0 Å². The van der Waals surface area contributed by atoms with Crippen LogP contribution in [0, 0.1) is 0 Å². The van der Waals surface area contributed by atoms with Crippen molar-refractivity contribution in [2.75, 3.05) is 18.2 Å². The van der Waals surface area contributed by atoms with Crippen molar-refractivity contribution in [1.82, 2.24) is 4.98 Å². The molecule has 0 atom stereocenters. The van der Waals surface area contributed by atoms with E-state index in [-0.39, 0.29) is 0 Å². The third-order valence-corrected chi connectivity index (χ3v) is 4.42. The van der Waals surface area contributed by atoms with Crippen LogP contribution in [-0.2, 0) is 0 Å². The Kier molecular flexibility index (Phi) is 3.50. The molecule has 0 fully saturated rings. The van der Waals surface area contributed by atoms with E-state index in [9.17, 15) is 0 Å². The molecule has 0 aliphatic heterocycles. The highest BCUT2D eigenvalue weighted by molar-refractivity contribution is 9.10. The van der Waals surface area contributed by atoms with E-state index in [1.807, 2.05) is 30.3 Å². The van der Waals surface area contributed by atoms with Crippen LogP contribution in [-0.4, -0.2) is 12.1 Å². The number of methoxy groups -OCH3 is 1. The number of nitrogens with one attached hydrogen (secondary N) is 1. The number of ether oxygens (including phenoxy) is 1. The van der Waals surface area contributed by atoms with Gasteiger partial charge in [0.05, 0.1) is 33.2 Å². The Morgan fingerprint density at radius 1 is 1.30 bits per heavy atom. The molecule has 20 heavy (non-hydrogen) atoms. The van der Waals surface area contributed by atoms with E-state index >= 15 is 0 Å². The number of hydrogen-bond donors (Lipinski definition) is 2. The average molecular weight is 350 g/mol. The van der Waals surface area contributed by atoms with Crippen molar-refractivity contribution < 1.29 is 4.74 Å². The second kappa shape index (κ2) is 5.30. The summed E-state index contributed by atoms with van der Waals surface area (Å²) < 4.78 is 7.28. The number of rotatable bonds is 3. The zero-order valence-electron chi connectivity index (χ0n) is 10.7. The lowest BCUT2D eigenvalue weighted by molar-refractivity contribution is 0.412. The van der Waals surface area contributed by atoms with Crippen molar-refractivity contribution in [3.8, 4) is 5.75 Å². The topological polar surface area (TPSA) is 60.2 Å². The number of nitrogens with zero attached hydrogens (tertiary/aromatic N) is 1. The Bertz CT molecular complexity index is 772. The van der Waals surface area contributed by atoms with Crippen molar-refractivity contribution in [1.29, 1.82) is 0 Å². The quantitative estimate of drug-likeness (QED) is 0.688. The van der Waals surface area contributed by atoms with E-state index < -0.39 is 0 Å². The van der Waals surface area contributed by atoms with E-state index in [1.54, 1.807) is 24.0 Å². The molecular formula is C14H12BrN3OS. The lowest BCUT2D eigenvalue weighted by Gasteiger charge is -2.11. The van der Waals surface area contributed by atoms with Gasteiger partial charge >= 0.3 is 0 Å². The predicted molar refractivity (Wildman–Crippen MR) is 88.0 cm³/mol. The van der Waals surface area contributed by atoms with Gasteiger partial charge in [-0.3, -0.25) is 0 Å². The van der Waals surface area contributed by atoms with Crippen LogP contribution in [0.1, 0.15) is 0 Å². The van der Waals surface area contributed by atoms with Gasteiger partial charge in [0.2, 0.25) is 0 Å². The summed E-state index contributed by atoms with van der Waals surface area (Å²) in [6, 6.07) is 9.77. The van der Waals surface area contributed by atoms with Gasteiger partial charge in [0, 0.05) is 11.8 Å². The van der Waals surface area contributed by atoms with E-state index in [2.05, 4.69) is 26.2 Å². The minimum atomic E-state index is 0.658. The smallest absolute Gasteiger partial charge is 0.135 e. The lowest BCUT2D eigenvalue weighted by atomic mass is 10.2. The number of aromatic nitrogens is 1. The van der Waals surface area contributed by atoms with Crippen molar-refractivity contribution in [2.24, 2.45) is 0 Å². The first-order valence-corrected chi connectivity index (χ1v) is 7.58. The second-order valence-electron chi connectivity index (χ2n) is 4.20. The van der Waals surface area contributed by atoms with Gasteiger partial charge in [-0.15, -0.1) is 11.3 Å². The molecule has 1 heterocycles.